The fraction of sp³-hybridized carbons (Fsp3) is 0.806. The van der Waals surface area contributed by atoms with Crippen LogP contribution >= 0.6 is 7.26 Å². The van der Waals surface area contributed by atoms with Crippen molar-refractivity contribution in [1.29, 1.82) is 0 Å². The summed E-state index contributed by atoms with van der Waals surface area (Å²) in [6, 6.07) is 8.30. The molecule has 0 unspecified atom stereocenters. The quantitative estimate of drug-likeness (QED) is 0.0830. The molecule has 0 fully saturated rings. The third-order valence-electron chi connectivity index (χ3n) is 6.96. The maximum atomic E-state index is 11.8. The summed E-state index contributed by atoms with van der Waals surface area (Å²) in [6.07, 6.45) is 26.0. The van der Waals surface area contributed by atoms with Gasteiger partial charge in [-0.25, -0.2) is 0 Å². The van der Waals surface area contributed by atoms with Gasteiger partial charge in [0.25, 0.3) is 10.1 Å². The molecule has 0 spiro atoms. The standard InChI is InChI=1S/C16H36P.C15H24O3S/c1-5-9-13-17(14-10-6-2,15-11-7-3)16-12-8-4;1-2-3-4-5-6-7-11-14-18-19(16,17)15-12-9-8-10-13-15/h5-16H2,1-4H3;8-10,12-13H,2-7,11,14H2,1H3/q+1;. The molecule has 5 heteroatoms. The Morgan fingerprint density at radius 1 is 0.556 bits per heavy atom. The fourth-order valence-electron chi connectivity index (χ4n) is 4.53. The number of hydrogen-bond donors (Lipinski definition) is 0. The van der Waals surface area contributed by atoms with E-state index in [2.05, 4.69) is 34.6 Å². The molecule has 212 valence electrons. The van der Waals surface area contributed by atoms with Gasteiger partial charge in [0, 0.05) is 7.26 Å². The average Bonchev–Trinajstić information content (AvgIpc) is 2.90. The minimum Gasteiger partial charge on any atom is -0.266 e. The zero-order valence-corrected chi connectivity index (χ0v) is 26.3. The van der Waals surface area contributed by atoms with E-state index in [0.29, 0.717) is 0 Å². The monoisotopic (exact) mass is 543 g/mol. The van der Waals surface area contributed by atoms with E-state index in [-0.39, 0.29) is 11.5 Å². The van der Waals surface area contributed by atoms with Crippen LogP contribution in [0.4, 0.5) is 0 Å². The Bertz CT molecular complexity index is 654. The summed E-state index contributed by atoms with van der Waals surface area (Å²) in [7, 11) is -4.12. The molecule has 0 radical (unpaired) electrons. The Kier molecular flexibility index (Phi) is 23.4. The van der Waals surface area contributed by atoms with Crippen molar-refractivity contribution in [2.45, 2.75) is 136 Å². The maximum Gasteiger partial charge on any atom is 0.296 e. The summed E-state index contributed by atoms with van der Waals surface area (Å²) < 4.78 is 28.6. The minimum atomic E-state index is -3.56. The Labute approximate surface area is 227 Å². The van der Waals surface area contributed by atoms with Gasteiger partial charge in [-0.3, -0.25) is 4.18 Å². The van der Waals surface area contributed by atoms with Gasteiger partial charge in [-0.05, 0) is 44.2 Å². The van der Waals surface area contributed by atoms with Crippen LogP contribution in [-0.4, -0.2) is 39.7 Å². The summed E-state index contributed by atoms with van der Waals surface area (Å²) in [5.74, 6) is 0. The Balaban J connectivity index is 0.000000686. The lowest BCUT2D eigenvalue weighted by atomic mass is 10.1. The predicted molar refractivity (Wildman–Crippen MR) is 164 cm³/mol. The Hall–Kier alpha value is -0.440. The van der Waals surface area contributed by atoms with Crippen molar-refractivity contribution in [3.05, 3.63) is 30.3 Å². The van der Waals surface area contributed by atoms with Crippen LogP contribution in [0.3, 0.4) is 0 Å². The average molecular weight is 544 g/mol. The maximum absolute atomic E-state index is 11.8. The van der Waals surface area contributed by atoms with E-state index < -0.39 is 17.4 Å². The highest BCUT2D eigenvalue weighted by Gasteiger charge is 2.34. The third-order valence-corrected chi connectivity index (χ3v) is 13.3. The van der Waals surface area contributed by atoms with Crippen LogP contribution in [0.2, 0.25) is 0 Å². The van der Waals surface area contributed by atoms with E-state index in [1.54, 1.807) is 55.0 Å². The van der Waals surface area contributed by atoms with Crippen molar-refractivity contribution in [1.82, 2.24) is 0 Å². The molecule has 0 saturated heterocycles. The Morgan fingerprint density at radius 3 is 1.36 bits per heavy atom. The van der Waals surface area contributed by atoms with Gasteiger partial charge in [0.05, 0.1) is 36.2 Å². The van der Waals surface area contributed by atoms with Crippen molar-refractivity contribution in [3.63, 3.8) is 0 Å². The molecule has 0 aromatic heterocycles. The highest BCUT2D eigenvalue weighted by Crippen LogP contribution is 2.61. The fourth-order valence-corrected chi connectivity index (χ4v) is 10.8. The molecular weight excluding hydrogens is 483 g/mol. The lowest BCUT2D eigenvalue weighted by molar-refractivity contribution is 0.306. The van der Waals surface area contributed by atoms with Crippen molar-refractivity contribution in [3.8, 4) is 0 Å². The van der Waals surface area contributed by atoms with E-state index >= 15 is 0 Å². The number of unbranched alkanes of at least 4 members (excludes halogenated alkanes) is 10. The van der Waals surface area contributed by atoms with E-state index in [9.17, 15) is 8.42 Å². The number of hydrogen-bond acceptors (Lipinski definition) is 3. The molecule has 36 heavy (non-hydrogen) atoms. The first-order chi connectivity index (χ1) is 17.4. The third kappa shape index (κ3) is 17.9. The van der Waals surface area contributed by atoms with E-state index in [0.717, 1.165) is 19.3 Å². The van der Waals surface area contributed by atoms with E-state index in [4.69, 9.17) is 4.18 Å². The second kappa shape index (κ2) is 23.7. The second-order valence-electron chi connectivity index (χ2n) is 10.4. The van der Waals surface area contributed by atoms with Crippen molar-refractivity contribution in [2.24, 2.45) is 0 Å². The van der Waals surface area contributed by atoms with Crippen LogP contribution in [0.1, 0.15) is 131 Å². The molecule has 0 aliphatic carbocycles. The van der Waals surface area contributed by atoms with Gasteiger partial charge in [-0.15, -0.1) is 0 Å². The topological polar surface area (TPSA) is 43.4 Å². The van der Waals surface area contributed by atoms with Crippen LogP contribution in [0, 0.1) is 0 Å². The molecule has 0 aliphatic heterocycles. The van der Waals surface area contributed by atoms with Crippen LogP contribution in [-0.2, 0) is 14.3 Å². The highest BCUT2D eigenvalue weighted by molar-refractivity contribution is 7.86. The molecule has 0 amide bonds. The molecule has 0 saturated carbocycles. The van der Waals surface area contributed by atoms with Gasteiger partial charge in [0.15, 0.2) is 0 Å². The van der Waals surface area contributed by atoms with E-state index in [1.807, 2.05) is 0 Å². The van der Waals surface area contributed by atoms with Gasteiger partial charge in [0.2, 0.25) is 0 Å². The molecule has 0 aliphatic rings. The molecular formula is C31H60O3PS+. The number of rotatable bonds is 22. The summed E-state index contributed by atoms with van der Waals surface area (Å²) in [6.45, 7) is 11.9. The van der Waals surface area contributed by atoms with Gasteiger partial charge >= 0.3 is 0 Å². The Morgan fingerprint density at radius 2 is 0.944 bits per heavy atom. The highest BCUT2D eigenvalue weighted by atomic mass is 32.2. The minimum absolute atomic E-state index is 0.234. The van der Waals surface area contributed by atoms with Gasteiger partial charge in [-0.1, -0.05) is 117 Å². The molecule has 0 N–H and O–H groups in total. The zero-order chi connectivity index (χ0) is 27.0. The van der Waals surface area contributed by atoms with Crippen LogP contribution < -0.4 is 0 Å². The zero-order valence-electron chi connectivity index (χ0n) is 24.6. The lowest BCUT2D eigenvalue weighted by Crippen LogP contribution is -2.12. The van der Waals surface area contributed by atoms with Crippen molar-refractivity contribution < 1.29 is 12.6 Å². The predicted octanol–water partition coefficient (Wildman–Crippen LogP) is 10.3. The molecule has 0 atom stereocenters. The molecule has 1 aromatic rings. The SMILES string of the molecule is CCCCCCCCCOS(=O)(=O)c1ccccc1.CCCC[P+](CCCC)(CCCC)CCCC. The molecule has 0 bridgehead atoms. The molecule has 0 heterocycles. The van der Waals surface area contributed by atoms with Gasteiger partial charge in [-0.2, -0.15) is 8.42 Å². The first kappa shape index (κ1) is 35.6. The summed E-state index contributed by atoms with van der Waals surface area (Å²) in [5, 5.41) is 0. The van der Waals surface area contributed by atoms with E-state index in [1.165, 1.54) is 77.0 Å². The van der Waals surface area contributed by atoms with Gasteiger partial charge < -0.3 is 0 Å². The van der Waals surface area contributed by atoms with Crippen LogP contribution in [0.15, 0.2) is 35.2 Å². The van der Waals surface area contributed by atoms with Crippen molar-refractivity contribution >= 4 is 17.4 Å². The first-order valence-corrected chi connectivity index (χ1v) is 19.1. The smallest absolute Gasteiger partial charge is 0.266 e. The normalized spacial score (nSPS) is 11.8. The second-order valence-corrected chi connectivity index (χ2v) is 16.4. The summed E-state index contributed by atoms with van der Waals surface area (Å²) >= 11 is 0. The lowest BCUT2D eigenvalue weighted by Gasteiger charge is -2.28. The summed E-state index contributed by atoms with van der Waals surface area (Å²) in [4.78, 5) is 0.234. The largest absolute Gasteiger partial charge is 0.296 e. The van der Waals surface area contributed by atoms with Gasteiger partial charge in [0.1, 0.15) is 0 Å². The molecule has 3 nitrogen and oxygen atoms in total. The van der Waals surface area contributed by atoms with Crippen molar-refractivity contribution in [2.75, 3.05) is 31.3 Å². The van der Waals surface area contributed by atoms with Crippen LogP contribution in [0.5, 0.6) is 0 Å². The molecule has 1 aromatic carbocycles. The van der Waals surface area contributed by atoms with Crippen LogP contribution in [0.25, 0.3) is 0 Å². The first-order valence-electron chi connectivity index (χ1n) is 15.2. The number of benzene rings is 1. The summed E-state index contributed by atoms with van der Waals surface area (Å²) in [5.41, 5.74) is 0. The molecule has 1 rings (SSSR count).